The fraction of sp³-hybridized carbons (Fsp3) is 0.300. The van der Waals surface area contributed by atoms with Gasteiger partial charge in [0.05, 0.1) is 25.3 Å². The lowest BCUT2D eigenvalue weighted by atomic mass is 10.1. The van der Waals surface area contributed by atoms with Crippen LogP contribution in [-0.2, 0) is 13.0 Å². The Morgan fingerprint density at radius 2 is 1.88 bits per heavy atom. The highest BCUT2D eigenvalue weighted by molar-refractivity contribution is 5.78. The number of benzene rings is 1. The summed E-state index contributed by atoms with van der Waals surface area (Å²) in [6.45, 7) is 4.77. The summed E-state index contributed by atoms with van der Waals surface area (Å²) in [6, 6.07) is 9.97. The van der Waals surface area contributed by atoms with Gasteiger partial charge in [-0.15, -0.1) is 0 Å². The van der Waals surface area contributed by atoms with Crippen molar-refractivity contribution in [3.63, 3.8) is 0 Å². The number of nitrogens with zero attached hydrogens (tertiary/aromatic N) is 2. The third-order valence-corrected chi connectivity index (χ3v) is 4.26. The molecule has 0 aliphatic rings. The second-order valence-electron chi connectivity index (χ2n) is 5.92. The molecule has 2 heterocycles. The minimum absolute atomic E-state index is 0.618. The third-order valence-electron chi connectivity index (χ3n) is 4.26. The van der Waals surface area contributed by atoms with E-state index < -0.39 is 0 Å². The number of aromatic nitrogens is 2. The summed E-state index contributed by atoms with van der Waals surface area (Å²) in [6.07, 6.45) is 2.86. The monoisotopic (exact) mass is 337 g/mol. The van der Waals surface area contributed by atoms with Gasteiger partial charge in [0.15, 0.2) is 0 Å². The molecule has 0 amide bonds. The van der Waals surface area contributed by atoms with Crippen LogP contribution in [0.1, 0.15) is 23.6 Å². The van der Waals surface area contributed by atoms with Crippen molar-refractivity contribution < 1.29 is 9.47 Å². The molecule has 0 aliphatic carbocycles. The Morgan fingerprint density at radius 1 is 1.04 bits per heavy atom. The molecule has 0 atom stereocenters. The molecule has 25 heavy (non-hydrogen) atoms. The Balaban J connectivity index is 1.86. The van der Waals surface area contributed by atoms with Gasteiger partial charge in [-0.05, 0) is 48.7 Å². The third kappa shape index (κ3) is 3.65. The van der Waals surface area contributed by atoms with Crippen molar-refractivity contribution in [3.8, 4) is 11.5 Å². The summed E-state index contributed by atoms with van der Waals surface area (Å²) >= 11 is 0. The summed E-state index contributed by atoms with van der Waals surface area (Å²) < 4.78 is 10.7. The largest absolute Gasteiger partial charge is 0.497 e. The molecule has 0 radical (unpaired) electrons. The molecule has 0 saturated heterocycles. The highest BCUT2D eigenvalue weighted by Crippen LogP contribution is 2.26. The van der Waals surface area contributed by atoms with E-state index in [2.05, 4.69) is 29.4 Å². The number of hydrogen-bond donors (Lipinski definition) is 1. The first-order chi connectivity index (χ1) is 12.1. The van der Waals surface area contributed by atoms with Crippen LogP contribution in [0.2, 0.25) is 0 Å². The van der Waals surface area contributed by atoms with Crippen molar-refractivity contribution in [2.24, 2.45) is 0 Å². The molecule has 130 valence electrons. The maximum atomic E-state index is 5.46. The van der Waals surface area contributed by atoms with E-state index in [1.807, 2.05) is 31.3 Å². The van der Waals surface area contributed by atoms with Gasteiger partial charge in [0.1, 0.15) is 17.3 Å². The van der Waals surface area contributed by atoms with Crippen molar-refractivity contribution >= 4 is 16.9 Å². The zero-order valence-corrected chi connectivity index (χ0v) is 15.1. The molecule has 5 heteroatoms. The molecule has 1 aromatic carbocycles. The minimum Gasteiger partial charge on any atom is -0.497 e. The number of aryl methyl sites for hydroxylation is 2. The molecule has 1 N–H and O–H groups in total. The van der Waals surface area contributed by atoms with E-state index in [0.29, 0.717) is 6.54 Å². The van der Waals surface area contributed by atoms with Gasteiger partial charge in [-0.3, -0.25) is 4.98 Å². The van der Waals surface area contributed by atoms with E-state index in [4.69, 9.17) is 14.5 Å². The lowest BCUT2D eigenvalue weighted by molar-refractivity contribution is 0.391. The predicted octanol–water partition coefficient (Wildman–Crippen LogP) is 4.13. The predicted molar refractivity (Wildman–Crippen MR) is 101 cm³/mol. The normalized spacial score (nSPS) is 10.7. The molecule has 0 aliphatic heterocycles. The van der Waals surface area contributed by atoms with Crippen LogP contribution in [0.3, 0.4) is 0 Å². The Kier molecular flexibility index (Phi) is 5.03. The second-order valence-corrected chi connectivity index (χ2v) is 5.92. The van der Waals surface area contributed by atoms with Crippen LogP contribution < -0.4 is 14.8 Å². The Bertz CT molecular complexity index is 893. The molecule has 0 bridgehead atoms. The van der Waals surface area contributed by atoms with Gasteiger partial charge in [-0.1, -0.05) is 6.92 Å². The van der Waals surface area contributed by atoms with Crippen molar-refractivity contribution in [1.29, 1.82) is 0 Å². The number of nitrogens with one attached hydrogen (secondary N) is 1. The topological polar surface area (TPSA) is 56.3 Å². The molecule has 3 rings (SSSR count). The summed E-state index contributed by atoms with van der Waals surface area (Å²) in [4.78, 5) is 9.24. The fourth-order valence-corrected chi connectivity index (χ4v) is 2.74. The molecule has 0 saturated carbocycles. The molecule has 0 spiro atoms. The van der Waals surface area contributed by atoms with Crippen LogP contribution in [0, 0.1) is 6.92 Å². The number of methoxy groups -OCH3 is 2. The van der Waals surface area contributed by atoms with Crippen LogP contribution in [0.15, 0.2) is 36.5 Å². The molecule has 3 aromatic rings. The van der Waals surface area contributed by atoms with E-state index >= 15 is 0 Å². The summed E-state index contributed by atoms with van der Waals surface area (Å²) in [5.41, 5.74) is 5.13. The Hall–Kier alpha value is -2.82. The molecular formula is C20H23N3O2. The number of ether oxygens (including phenoxy) is 2. The Labute approximate surface area is 148 Å². The maximum absolute atomic E-state index is 5.46. The van der Waals surface area contributed by atoms with Crippen molar-refractivity contribution in [3.05, 3.63) is 53.2 Å². The average Bonchev–Trinajstić information content (AvgIpc) is 2.65. The van der Waals surface area contributed by atoms with Crippen LogP contribution in [0.4, 0.5) is 5.82 Å². The van der Waals surface area contributed by atoms with Crippen molar-refractivity contribution in [1.82, 2.24) is 9.97 Å². The first kappa shape index (κ1) is 17.0. The summed E-state index contributed by atoms with van der Waals surface area (Å²) in [7, 11) is 3.31. The highest BCUT2D eigenvalue weighted by atomic mass is 16.5. The lowest BCUT2D eigenvalue weighted by Gasteiger charge is -2.13. The van der Waals surface area contributed by atoms with Crippen LogP contribution in [-0.4, -0.2) is 24.2 Å². The van der Waals surface area contributed by atoms with Gasteiger partial charge in [-0.25, -0.2) is 4.98 Å². The van der Waals surface area contributed by atoms with Crippen molar-refractivity contribution in [2.45, 2.75) is 26.8 Å². The van der Waals surface area contributed by atoms with E-state index in [1.54, 1.807) is 14.2 Å². The number of anilines is 1. The fourth-order valence-electron chi connectivity index (χ4n) is 2.74. The molecule has 5 nitrogen and oxygen atoms in total. The zero-order chi connectivity index (χ0) is 17.8. The summed E-state index contributed by atoms with van der Waals surface area (Å²) in [5.74, 6) is 2.43. The minimum atomic E-state index is 0.618. The first-order valence-corrected chi connectivity index (χ1v) is 8.35. The molecule has 0 fully saturated rings. The van der Waals surface area contributed by atoms with E-state index in [9.17, 15) is 0 Å². The van der Waals surface area contributed by atoms with E-state index in [-0.39, 0.29) is 0 Å². The first-order valence-electron chi connectivity index (χ1n) is 8.35. The maximum Gasteiger partial charge on any atom is 0.130 e. The van der Waals surface area contributed by atoms with Gasteiger partial charge in [0.2, 0.25) is 0 Å². The number of fused-ring (bicyclic) bond motifs is 1. The van der Waals surface area contributed by atoms with Crippen molar-refractivity contribution in [2.75, 3.05) is 19.5 Å². The van der Waals surface area contributed by atoms with E-state index in [0.717, 1.165) is 45.9 Å². The van der Waals surface area contributed by atoms with Crippen LogP contribution >= 0.6 is 0 Å². The number of pyridine rings is 2. The number of rotatable bonds is 6. The molecule has 2 aromatic heterocycles. The van der Waals surface area contributed by atoms with Gasteiger partial charge < -0.3 is 14.8 Å². The van der Waals surface area contributed by atoms with Crippen LogP contribution in [0.5, 0.6) is 11.5 Å². The lowest BCUT2D eigenvalue weighted by Crippen LogP contribution is -2.05. The number of hydrogen-bond acceptors (Lipinski definition) is 5. The van der Waals surface area contributed by atoms with E-state index in [1.165, 1.54) is 5.56 Å². The van der Waals surface area contributed by atoms with Crippen LogP contribution in [0.25, 0.3) is 11.0 Å². The quantitative estimate of drug-likeness (QED) is 0.733. The SMILES string of the molecule is CCc1cnc2cc(C)c(NCc3ccc(OC)cc3OC)nc2c1. The molecule has 0 unspecified atom stereocenters. The highest BCUT2D eigenvalue weighted by Gasteiger charge is 2.08. The Morgan fingerprint density at radius 3 is 2.60 bits per heavy atom. The second kappa shape index (κ2) is 7.38. The zero-order valence-electron chi connectivity index (χ0n) is 15.1. The van der Waals surface area contributed by atoms with Gasteiger partial charge >= 0.3 is 0 Å². The van der Waals surface area contributed by atoms with Gasteiger partial charge in [0.25, 0.3) is 0 Å². The smallest absolute Gasteiger partial charge is 0.130 e. The summed E-state index contributed by atoms with van der Waals surface area (Å²) in [5, 5.41) is 3.41. The average molecular weight is 337 g/mol. The van der Waals surface area contributed by atoms with Gasteiger partial charge in [0, 0.05) is 24.4 Å². The standard InChI is InChI=1S/C20H23N3O2/c1-5-14-9-18-17(21-11-14)8-13(2)20(23-18)22-12-15-6-7-16(24-3)10-19(15)25-4/h6-11H,5,12H2,1-4H3,(H,22,23). The van der Waals surface area contributed by atoms with Gasteiger partial charge in [-0.2, -0.15) is 0 Å². The molecular weight excluding hydrogens is 314 g/mol.